The number of nitrogens with zero attached hydrogens (tertiary/aromatic N) is 6. The van der Waals surface area contributed by atoms with Crippen LogP contribution in [0.2, 0.25) is 0 Å². The number of methoxy groups -OCH3 is 1. The molecule has 2 atom stereocenters. The molecule has 3 rings (SSSR count). The fourth-order valence-electron chi connectivity index (χ4n) is 2.31. The van der Waals surface area contributed by atoms with E-state index in [1.54, 1.807) is 18.2 Å². The molecule has 0 spiro atoms. The summed E-state index contributed by atoms with van der Waals surface area (Å²) in [6.45, 7) is 0.466. The van der Waals surface area contributed by atoms with Crippen molar-refractivity contribution in [3.8, 4) is 0 Å². The first-order chi connectivity index (χ1) is 9.20. The van der Waals surface area contributed by atoms with Crippen LogP contribution in [0.3, 0.4) is 0 Å². The molecule has 3 heterocycles. The number of tetrazole rings is 1. The van der Waals surface area contributed by atoms with E-state index < -0.39 is 12.0 Å². The third kappa shape index (κ3) is 1.87. The van der Waals surface area contributed by atoms with Crippen molar-refractivity contribution in [1.29, 1.82) is 0 Å². The minimum Gasteiger partial charge on any atom is -0.480 e. The van der Waals surface area contributed by atoms with E-state index in [4.69, 9.17) is 4.74 Å². The van der Waals surface area contributed by atoms with E-state index in [1.165, 1.54) is 10.7 Å². The van der Waals surface area contributed by atoms with Crippen molar-refractivity contribution in [2.45, 2.75) is 18.6 Å². The Balaban J connectivity index is 2.04. The van der Waals surface area contributed by atoms with E-state index in [-0.39, 0.29) is 6.10 Å². The molecular formula is C10H12N6O3. The predicted octanol–water partition coefficient (Wildman–Crippen LogP) is -0.802. The number of rotatable bonds is 3. The van der Waals surface area contributed by atoms with Crippen LogP contribution in [0.5, 0.6) is 0 Å². The van der Waals surface area contributed by atoms with Gasteiger partial charge in [0.1, 0.15) is 6.04 Å². The molecule has 0 saturated carbocycles. The highest BCUT2D eigenvalue weighted by Crippen LogP contribution is 2.26. The Kier molecular flexibility index (Phi) is 2.75. The topological polar surface area (TPSA) is 106 Å². The SMILES string of the molecule is COC1CC(C(=O)O)N(c2cncc3nnnn23)C1. The van der Waals surface area contributed by atoms with Crippen LogP contribution in [0.25, 0.3) is 5.65 Å². The van der Waals surface area contributed by atoms with Crippen molar-refractivity contribution in [3.05, 3.63) is 12.4 Å². The summed E-state index contributed by atoms with van der Waals surface area (Å²) in [6, 6.07) is -0.665. The third-order valence-corrected chi connectivity index (χ3v) is 3.27. The minimum absolute atomic E-state index is 0.132. The summed E-state index contributed by atoms with van der Waals surface area (Å²) >= 11 is 0. The number of carboxylic acid groups (broad SMARTS) is 1. The lowest BCUT2D eigenvalue weighted by Gasteiger charge is -2.22. The van der Waals surface area contributed by atoms with Gasteiger partial charge in [-0.3, -0.25) is 4.98 Å². The molecule has 0 radical (unpaired) electrons. The number of hydrogen-bond donors (Lipinski definition) is 1. The van der Waals surface area contributed by atoms with E-state index in [1.807, 2.05) is 0 Å². The zero-order valence-corrected chi connectivity index (χ0v) is 10.2. The Labute approximate surface area is 107 Å². The monoisotopic (exact) mass is 264 g/mol. The van der Waals surface area contributed by atoms with Crippen LogP contribution < -0.4 is 4.90 Å². The maximum atomic E-state index is 11.3. The fourth-order valence-corrected chi connectivity index (χ4v) is 2.31. The first kappa shape index (κ1) is 11.8. The Bertz CT molecular complexity index is 614. The number of anilines is 1. The van der Waals surface area contributed by atoms with E-state index in [0.29, 0.717) is 24.4 Å². The maximum Gasteiger partial charge on any atom is 0.326 e. The van der Waals surface area contributed by atoms with Gasteiger partial charge in [-0.25, -0.2) is 4.79 Å². The van der Waals surface area contributed by atoms with Gasteiger partial charge >= 0.3 is 5.97 Å². The second kappa shape index (κ2) is 4.43. The van der Waals surface area contributed by atoms with Crippen molar-refractivity contribution < 1.29 is 14.6 Å². The molecule has 100 valence electrons. The van der Waals surface area contributed by atoms with E-state index >= 15 is 0 Å². The van der Waals surface area contributed by atoms with Gasteiger partial charge in [-0.1, -0.05) is 0 Å². The summed E-state index contributed by atoms with van der Waals surface area (Å²) in [6.07, 6.45) is 3.36. The fraction of sp³-hybridized carbons (Fsp3) is 0.500. The van der Waals surface area contributed by atoms with Crippen LogP contribution in [0.4, 0.5) is 5.82 Å². The van der Waals surface area contributed by atoms with Crippen LogP contribution in [-0.4, -0.2) is 61.9 Å². The highest BCUT2D eigenvalue weighted by molar-refractivity contribution is 5.78. The smallest absolute Gasteiger partial charge is 0.326 e. The molecular weight excluding hydrogens is 252 g/mol. The molecule has 2 aromatic heterocycles. The average molecular weight is 264 g/mol. The standard InChI is InChI=1S/C10H12N6O3/c1-19-6-2-7(10(17)18)15(5-6)9-4-11-3-8-12-13-14-16(8)9/h3-4,6-7H,2,5H2,1H3,(H,17,18). The zero-order valence-electron chi connectivity index (χ0n) is 10.2. The highest BCUT2D eigenvalue weighted by Gasteiger charge is 2.38. The highest BCUT2D eigenvalue weighted by atomic mass is 16.5. The van der Waals surface area contributed by atoms with E-state index in [9.17, 15) is 9.90 Å². The maximum absolute atomic E-state index is 11.3. The molecule has 1 aliphatic heterocycles. The quantitative estimate of drug-likeness (QED) is 0.767. The molecule has 1 aliphatic rings. The van der Waals surface area contributed by atoms with Gasteiger partial charge in [0, 0.05) is 20.1 Å². The summed E-state index contributed by atoms with van der Waals surface area (Å²) in [5.74, 6) is -0.348. The molecule has 9 heteroatoms. The van der Waals surface area contributed by atoms with Crippen LogP contribution in [-0.2, 0) is 9.53 Å². The molecule has 0 aromatic carbocycles. The Morgan fingerprint density at radius 3 is 3.11 bits per heavy atom. The van der Waals surface area contributed by atoms with Gasteiger partial charge in [0.05, 0.1) is 18.5 Å². The number of aliphatic carboxylic acids is 1. The molecule has 2 aromatic rings. The van der Waals surface area contributed by atoms with Gasteiger partial charge in [-0.05, 0) is 10.4 Å². The average Bonchev–Trinajstić information content (AvgIpc) is 3.04. The number of carboxylic acids is 1. The van der Waals surface area contributed by atoms with Crippen LogP contribution in [0.15, 0.2) is 12.4 Å². The summed E-state index contributed by atoms with van der Waals surface area (Å²) in [5.41, 5.74) is 0.475. The second-order valence-electron chi connectivity index (χ2n) is 4.31. The zero-order chi connectivity index (χ0) is 13.4. The van der Waals surface area contributed by atoms with Crippen molar-refractivity contribution >= 4 is 17.4 Å². The van der Waals surface area contributed by atoms with Gasteiger partial charge < -0.3 is 14.7 Å². The molecule has 19 heavy (non-hydrogen) atoms. The largest absolute Gasteiger partial charge is 0.480 e. The Hall–Kier alpha value is -2.29. The first-order valence-corrected chi connectivity index (χ1v) is 5.75. The van der Waals surface area contributed by atoms with Crippen LogP contribution >= 0.6 is 0 Å². The van der Waals surface area contributed by atoms with Gasteiger partial charge in [-0.2, -0.15) is 4.52 Å². The van der Waals surface area contributed by atoms with Crippen molar-refractivity contribution in [2.24, 2.45) is 0 Å². The molecule has 0 aliphatic carbocycles. The van der Waals surface area contributed by atoms with Crippen molar-refractivity contribution in [3.63, 3.8) is 0 Å². The second-order valence-corrected chi connectivity index (χ2v) is 4.31. The van der Waals surface area contributed by atoms with Crippen molar-refractivity contribution in [1.82, 2.24) is 25.0 Å². The molecule has 2 unspecified atom stereocenters. The number of ether oxygens (including phenoxy) is 1. The minimum atomic E-state index is -0.898. The lowest BCUT2D eigenvalue weighted by atomic mass is 10.2. The van der Waals surface area contributed by atoms with Gasteiger partial charge in [-0.15, -0.1) is 5.10 Å². The van der Waals surface area contributed by atoms with Crippen molar-refractivity contribution in [2.75, 3.05) is 18.6 Å². The molecule has 1 saturated heterocycles. The number of hydrogen-bond acceptors (Lipinski definition) is 7. The van der Waals surface area contributed by atoms with Crippen LogP contribution in [0.1, 0.15) is 6.42 Å². The summed E-state index contributed by atoms with van der Waals surface area (Å²) < 4.78 is 6.72. The Morgan fingerprint density at radius 2 is 2.37 bits per heavy atom. The lowest BCUT2D eigenvalue weighted by molar-refractivity contribution is -0.138. The number of carbonyl (C=O) groups is 1. The van der Waals surface area contributed by atoms with E-state index in [2.05, 4.69) is 20.5 Å². The van der Waals surface area contributed by atoms with Crippen LogP contribution in [0, 0.1) is 0 Å². The molecule has 1 fully saturated rings. The molecule has 0 amide bonds. The normalized spacial score (nSPS) is 23.1. The van der Waals surface area contributed by atoms with Gasteiger partial charge in [0.15, 0.2) is 11.5 Å². The molecule has 1 N–H and O–H groups in total. The number of aromatic nitrogens is 5. The Morgan fingerprint density at radius 1 is 1.53 bits per heavy atom. The summed E-state index contributed by atoms with van der Waals surface area (Å²) in [7, 11) is 1.57. The molecule has 0 bridgehead atoms. The summed E-state index contributed by atoms with van der Waals surface area (Å²) in [4.78, 5) is 17.1. The lowest BCUT2D eigenvalue weighted by Crippen LogP contribution is -2.37. The van der Waals surface area contributed by atoms with E-state index in [0.717, 1.165) is 0 Å². The predicted molar refractivity (Wildman–Crippen MR) is 62.8 cm³/mol. The first-order valence-electron chi connectivity index (χ1n) is 5.75. The van der Waals surface area contributed by atoms with Gasteiger partial charge in [0.2, 0.25) is 0 Å². The molecule has 9 nitrogen and oxygen atoms in total. The number of fused-ring (bicyclic) bond motifs is 1. The third-order valence-electron chi connectivity index (χ3n) is 3.27. The summed E-state index contributed by atoms with van der Waals surface area (Å²) in [5, 5.41) is 20.5. The van der Waals surface area contributed by atoms with Gasteiger partial charge in [0.25, 0.3) is 0 Å².